The summed E-state index contributed by atoms with van der Waals surface area (Å²) in [5.74, 6) is 0.945. The molecule has 3 aromatic heterocycles. The Morgan fingerprint density at radius 1 is 0.806 bits per heavy atom. The van der Waals surface area contributed by atoms with Gasteiger partial charge in [-0.05, 0) is 53.6 Å². The average molecular weight is 407 g/mol. The quantitative estimate of drug-likeness (QED) is 0.416. The molecule has 5 nitrogen and oxygen atoms in total. The molecule has 0 aliphatic heterocycles. The number of anilines is 1. The van der Waals surface area contributed by atoms with E-state index in [1.54, 1.807) is 24.7 Å². The third kappa shape index (κ3) is 3.96. The zero-order valence-electron chi connectivity index (χ0n) is 16.5. The van der Waals surface area contributed by atoms with E-state index < -0.39 is 0 Å². The summed E-state index contributed by atoms with van der Waals surface area (Å²) in [6.45, 7) is 0.497. The van der Waals surface area contributed by atoms with Crippen LogP contribution in [0.3, 0.4) is 0 Å². The highest BCUT2D eigenvalue weighted by molar-refractivity contribution is 6.02. The lowest BCUT2D eigenvalue weighted by molar-refractivity contribution is 0.628. The van der Waals surface area contributed by atoms with Gasteiger partial charge in [-0.3, -0.25) is 9.97 Å². The number of rotatable bonds is 5. The van der Waals surface area contributed by atoms with Crippen molar-refractivity contribution in [3.05, 3.63) is 103 Å². The Kier molecular flexibility index (Phi) is 5.02. The van der Waals surface area contributed by atoms with E-state index in [9.17, 15) is 4.39 Å². The Hall–Kier alpha value is -4.19. The van der Waals surface area contributed by atoms with E-state index in [1.807, 2.05) is 54.6 Å². The Labute approximate surface area is 178 Å². The van der Waals surface area contributed by atoms with Crippen molar-refractivity contribution in [2.75, 3.05) is 5.32 Å². The van der Waals surface area contributed by atoms with Crippen LogP contribution in [-0.2, 0) is 6.54 Å². The lowest BCUT2D eigenvalue weighted by Gasteiger charge is -2.14. The standard InChI is InChI=1S/C25H18FN5/c26-19-8-3-6-17(14-19)21-10-4-11-22-23(21)25(29-16-20-9-1-2-13-28-20)31-24(30-22)18-7-5-12-27-15-18/h1-15H,16H2,(H,29,30,31). The smallest absolute Gasteiger partial charge is 0.163 e. The van der Waals surface area contributed by atoms with Gasteiger partial charge in [0, 0.05) is 24.2 Å². The highest BCUT2D eigenvalue weighted by Gasteiger charge is 2.15. The van der Waals surface area contributed by atoms with E-state index >= 15 is 0 Å². The van der Waals surface area contributed by atoms with Gasteiger partial charge in [0.1, 0.15) is 11.6 Å². The molecule has 0 bridgehead atoms. The van der Waals surface area contributed by atoms with Crippen LogP contribution in [0.15, 0.2) is 91.4 Å². The highest BCUT2D eigenvalue weighted by atomic mass is 19.1. The predicted octanol–water partition coefficient (Wildman–Crippen LogP) is 5.51. The molecule has 0 aliphatic rings. The van der Waals surface area contributed by atoms with Crippen LogP contribution < -0.4 is 5.32 Å². The van der Waals surface area contributed by atoms with Crippen LogP contribution in [0.4, 0.5) is 10.2 Å². The average Bonchev–Trinajstić information content (AvgIpc) is 2.83. The molecule has 5 aromatic rings. The predicted molar refractivity (Wildman–Crippen MR) is 120 cm³/mol. The Morgan fingerprint density at radius 3 is 2.52 bits per heavy atom. The fourth-order valence-corrected chi connectivity index (χ4v) is 3.51. The van der Waals surface area contributed by atoms with Gasteiger partial charge in [0.15, 0.2) is 5.82 Å². The molecule has 0 atom stereocenters. The van der Waals surface area contributed by atoms with Gasteiger partial charge in [-0.25, -0.2) is 14.4 Å². The van der Waals surface area contributed by atoms with Crippen molar-refractivity contribution in [1.82, 2.24) is 19.9 Å². The van der Waals surface area contributed by atoms with Crippen LogP contribution in [0.5, 0.6) is 0 Å². The molecule has 0 radical (unpaired) electrons. The summed E-state index contributed by atoms with van der Waals surface area (Å²) in [6.07, 6.45) is 5.21. The second kappa shape index (κ2) is 8.28. The number of aromatic nitrogens is 4. The van der Waals surface area contributed by atoms with Crippen LogP contribution in [0.2, 0.25) is 0 Å². The molecule has 5 rings (SSSR count). The number of hydrogen-bond acceptors (Lipinski definition) is 5. The maximum absolute atomic E-state index is 13.9. The van der Waals surface area contributed by atoms with E-state index in [1.165, 1.54) is 12.1 Å². The SMILES string of the molecule is Fc1cccc(-c2cccc3nc(-c4cccnc4)nc(NCc4ccccn4)c23)c1. The van der Waals surface area contributed by atoms with E-state index in [4.69, 9.17) is 9.97 Å². The maximum Gasteiger partial charge on any atom is 0.163 e. The van der Waals surface area contributed by atoms with Crippen molar-refractivity contribution < 1.29 is 4.39 Å². The molecule has 31 heavy (non-hydrogen) atoms. The first-order chi connectivity index (χ1) is 15.3. The van der Waals surface area contributed by atoms with Gasteiger partial charge in [0.05, 0.1) is 23.1 Å². The summed E-state index contributed by atoms with van der Waals surface area (Å²) >= 11 is 0. The van der Waals surface area contributed by atoms with Gasteiger partial charge in [-0.1, -0.05) is 30.3 Å². The Balaban J connectivity index is 1.69. The number of nitrogens with one attached hydrogen (secondary N) is 1. The van der Waals surface area contributed by atoms with Crippen LogP contribution in [0, 0.1) is 5.82 Å². The highest BCUT2D eigenvalue weighted by Crippen LogP contribution is 2.34. The zero-order valence-corrected chi connectivity index (χ0v) is 16.5. The Bertz CT molecular complexity index is 1340. The van der Waals surface area contributed by atoms with Crippen molar-refractivity contribution in [2.24, 2.45) is 0 Å². The molecular formula is C25H18FN5. The number of fused-ring (bicyclic) bond motifs is 1. The van der Waals surface area contributed by atoms with E-state index in [2.05, 4.69) is 15.3 Å². The first-order valence-corrected chi connectivity index (χ1v) is 9.89. The second-order valence-corrected chi connectivity index (χ2v) is 7.02. The summed E-state index contributed by atoms with van der Waals surface area (Å²) in [6, 6.07) is 21.9. The molecule has 0 fully saturated rings. The van der Waals surface area contributed by atoms with Gasteiger partial charge in [-0.15, -0.1) is 0 Å². The topological polar surface area (TPSA) is 63.6 Å². The molecule has 0 saturated heterocycles. The first-order valence-electron chi connectivity index (χ1n) is 9.89. The molecule has 0 saturated carbocycles. The summed E-state index contributed by atoms with van der Waals surface area (Å²) in [5.41, 5.74) is 4.10. The van der Waals surface area contributed by atoms with Gasteiger partial charge in [0.25, 0.3) is 0 Å². The molecule has 3 heterocycles. The first kappa shape index (κ1) is 18.8. The zero-order chi connectivity index (χ0) is 21.0. The van der Waals surface area contributed by atoms with Gasteiger partial charge in [0.2, 0.25) is 0 Å². The minimum absolute atomic E-state index is 0.287. The van der Waals surface area contributed by atoms with Gasteiger partial charge < -0.3 is 5.32 Å². The van der Waals surface area contributed by atoms with Gasteiger partial charge in [-0.2, -0.15) is 0 Å². The molecule has 2 aromatic carbocycles. The van der Waals surface area contributed by atoms with Crippen molar-refractivity contribution in [3.63, 3.8) is 0 Å². The monoisotopic (exact) mass is 407 g/mol. The molecule has 6 heteroatoms. The van der Waals surface area contributed by atoms with Crippen molar-refractivity contribution in [3.8, 4) is 22.5 Å². The molecule has 150 valence electrons. The van der Waals surface area contributed by atoms with Crippen LogP contribution in [-0.4, -0.2) is 19.9 Å². The van der Waals surface area contributed by atoms with Crippen molar-refractivity contribution >= 4 is 16.7 Å². The molecule has 0 spiro atoms. The normalized spacial score (nSPS) is 10.9. The number of nitrogens with zero attached hydrogens (tertiary/aromatic N) is 4. The maximum atomic E-state index is 13.9. The lowest BCUT2D eigenvalue weighted by atomic mass is 10.0. The summed E-state index contributed by atoms with van der Waals surface area (Å²) in [4.78, 5) is 18.1. The van der Waals surface area contributed by atoms with Crippen LogP contribution in [0.1, 0.15) is 5.69 Å². The number of benzene rings is 2. The number of hydrogen-bond donors (Lipinski definition) is 1. The molecular weight excluding hydrogens is 389 g/mol. The Morgan fingerprint density at radius 2 is 1.71 bits per heavy atom. The molecule has 0 amide bonds. The van der Waals surface area contributed by atoms with Crippen molar-refractivity contribution in [2.45, 2.75) is 6.54 Å². The molecule has 0 aliphatic carbocycles. The van der Waals surface area contributed by atoms with E-state index in [-0.39, 0.29) is 5.82 Å². The van der Waals surface area contributed by atoms with Crippen LogP contribution >= 0.6 is 0 Å². The molecule has 0 unspecified atom stereocenters. The second-order valence-electron chi connectivity index (χ2n) is 7.02. The minimum atomic E-state index is -0.287. The number of pyridine rings is 2. The third-order valence-corrected chi connectivity index (χ3v) is 4.94. The fraction of sp³-hybridized carbons (Fsp3) is 0.0400. The summed E-state index contributed by atoms with van der Waals surface area (Å²) in [7, 11) is 0. The lowest BCUT2D eigenvalue weighted by Crippen LogP contribution is -2.06. The van der Waals surface area contributed by atoms with Crippen molar-refractivity contribution in [1.29, 1.82) is 0 Å². The largest absolute Gasteiger partial charge is 0.364 e. The van der Waals surface area contributed by atoms with Crippen LogP contribution in [0.25, 0.3) is 33.4 Å². The third-order valence-electron chi connectivity index (χ3n) is 4.94. The number of halogens is 1. The van der Waals surface area contributed by atoms with Gasteiger partial charge >= 0.3 is 0 Å². The molecule has 1 N–H and O–H groups in total. The minimum Gasteiger partial charge on any atom is -0.364 e. The van der Waals surface area contributed by atoms with E-state index in [0.717, 1.165) is 33.3 Å². The summed E-state index contributed by atoms with van der Waals surface area (Å²) in [5, 5.41) is 4.24. The fourth-order valence-electron chi connectivity index (χ4n) is 3.51. The van der Waals surface area contributed by atoms with E-state index in [0.29, 0.717) is 18.2 Å². The summed E-state index contributed by atoms with van der Waals surface area (Å²) < 4.78 is 13.9.